The largest absolute Gasteiger partial charge is 0.396 e. The van der Waals surface area contributed by atoms with Gasteiger partial charge in [-0.15, -0.1) is 0 Å². The van der Waals surface area contributed by atoms with Crippen LogP contribution in [0.15, 0.2) is 12.1 Å². The third kappa shape index (κ3) is 4.77. The van der Waals surface area contributed by atoms with Gasteiger partial charge in [-0.3, -0.25) is 4.79 Å². The van der Waals surface area contributed by atoms with Crippen molar-refractivity contribution >= 4 is 11.6 Å². The first-order valence-electron chi connectivity index (χ1n) is 6.56. The Kier molecular flexibility index (Phi) is 6.38. The summed E-state index contributed by atoms with van der Waals surface area (Å²) in [6, 6.07) is 2.06. The number of benzene rings is 1. The number of unbranched alkanes of at least 4 members (excludes halogenated alkanes) is 1. The van der Waals surface area contributed by atoms with E-state index < -0.39 is 23.1 Å². The second kappa shape index (κ2) is 7.79. The van der Waals surface area contributed by atoms with Gasteiger partial charge in [-0.25, -0.2) is 8.78 Å². The molecule has 1 amide bonds. The lowest BCUT2D eigenvalue weighted by molar-refractivity contribution is 0.0754. The highest BCUT2D eigenvalue weighted by Gasteiger charge is 2.18. The van der Waals surface area contributed by atoms with Crippen LogP contribution in [0, 0.1) is 11.6 Å². The number of carbonyl (C=O) groups excluding carboxylic acids is 1. The van der Waals surface area contributed by atoms with E-state index in [2.05, 4.69) is 5.32 Å². The van der Waals surface area contributed by atoms with E-state index >= 15 is 0 Å². The van der Waals surface area contributed by atoms with E-state index in [0.29, 0.717) is 19.6 Å². The van der Waals surface area contributed by atoms with Gasteiger partial charge in [-0.1, -0.05) is 0 Å². The molecule has 20 heavy (non-hydrogen) atoms. The first-order valence-corrected chi connectivity index (χ1v) is 6.56. The van der Waals surface area contributed by atoms with E-state index in [0.717, 1.165) is 18.6 Å². The quantitative estimate of drug-likeness (QED) is 0.598. The van der Waals surface area contributed by atoms with Gasteiger partial charge < -0.3 is 15.8 Å². The molecule has 1 rings (SSSR count). The van der Waals surface area contributed by atoms with Gasteiger partial charge in [-0.05, 0) is 38.8 Å². The number of nitrogen functional groups attached to an aromatic ring is 1. The van der Waals surface area contributed by atoms with E-state index in [1.54, 1.807) is 0 Å². The van der Waals surface area contributed by atoms with Crippen LogP contribution in [0.4, 0.5) is 14.5 Å². The Balaban J connectivity index is 2.42. The van der Waals surface area contributed by atoms with Crippen molar-refractivity contribution in [2.75, 3.05) is 18.9 Å². The van der Waals surface area contributed by atoms with Crippen LogP contribution < -0.4 is 11.1 Å². The number of anilines is 1. The van der Waals surface area contributed by atoms with Crippen LogP contribution >= 0.6 is 0 Å². The molecular weight excluding hydrogens is 266 g/mol. The number of carbonyl (C=O) groups is 1. The molecule has 1 aromatic carbocycles. The number of halogens is 2. The molecule has 0 saturated heterocycles. The summed E-state index contributed by atoms with van der Waals surface area (Å²) in [5, 5.41) is 2.47. The van der Waals surface area contributed by atoms with Gasteiger partial charge in [-0.2, -0.15) is 0 Å². The molecule has 0 aliphatic heterocycles. The van der Waals surface area contributed by atoms with Crippen molar-refractivity contribution in [1.29, 1.82) is 0 Å². The van der Waals surface area contributed by atoms with E-state index in [1.807, 2.05) is 13.8 Å². The molecule has 0 atom stereocenters. The predicted molar refractivity (Wildman–Crippen MR) is 73.4 cm³/mol. The van der Waals surface area contributed by atoms with Gasteiger partial charge in [0.05, 0.1) is 11.8 Å². The van der Waals surface area contributed by atoms with Crippen LogP contribution in [0.5, 0.6) is 0 Å². The topological polar surface area (TPSA) is 64.3 Å². The van der Waals surface area contributed by atoms with Crippen molar-refractivity contribution in [3.63, 3.8) is 0 Å². The Bertz CT molecular complexity index is 465. The Morgan fingerprint density at radius 3 is 2.70 bits per heavy atom. The molecule has 0 radical (unpaired) electrons. The number of hydrogen-bond donors (Lipinski definition) is 2. The summed E-state index contributed by atoms with van der Waals surface area (Å²) in [7, 11) is 0. The first kappa shape index (κ1) is 16.4. The van der Waals surface area contributed by atoms with Crippen LogP contribution in [0.1, 0.15) is 37.0 Å². The van der Waals surface area contributed by atoms with Gasteiger partial charge in [0.1, 0.15) is 11.4 Å². The minimum absolute atomic E-state index is 0.167. The highest BCUT2D eigenvalue weighted by molar-refractivity contribution is 5.95. The Morgan fingerprint density at radius 1 is 1.35 bits per heavy atom. The van der Waals surface area contributed by atoms with Gasteiger partial charge in [0.2, 0.25) is 0 Å². The Morgan fingerprint density at radius 2 is 2.05 bits per heavy atom. The summed E-state index contributed by atoms with van der Waals surface area (Å²) in [6.07, 6.45) is 1.60. The molecule has 0 spiro atoms. The maximum absolute atomic E-state index is 13.6. The lowest BCUT2D eigenvalue weighted by Gasteiger charge is -2.09. The summed E-state index contributed by atoms with van der Waals surface area (Å²) in [6.45, 7) is 4.79. The highest BCUT2D eigenvalue weighted by atomic mass is 19.1. The molecule has 0 unspecified atom stereocenters. The Hall–Kier alpha value is -1.69. The molecule has 0 aromatic heterocycles. The van der Waals surface area contributed by atoms with Crippen LogP contribution in [0.3, 0.4) is 0 Å². The second-order valence-electron chi connectivity index (χ2n) is 4.71. The molecule has 0 heterocycles. The van der Waals surface area contributed by atoms with E-state index in [9.17, 15) is 13.6 Å². The maximum atomic E-state index is 13.6. The van der Waals surface area contributed by atoms with Crippen LogP contribution in [-0.2, 0) is 4.74 Å². The number of nitrogens with two attached hydrogens (primary N) is 1. The summed E-state index contributed by atoms with van der Waals surface area (Å²) in [5.41, 5.74) is 4.43. The molecule has 0 bridgehead atoms. The number of amides is 1. The highest BCUT2D eigenvalue weighted by Crippen LogP contribution is 2.18. The molecule has 6 heteroatoms. The molecule has 1 aromatic rings. The van der Waals surface area contributed by atoms with Crippen LogP contribution in [-0.4, -0.2) is 25.2 Å². The Labute approximate surface area is 117 Å². The second-order valence-corrected chi connectivity index (χ2v) is 4.71. The van der Waals surface area contributed by atoms with Crippen molar-refractivity contribution < 1.29 is 18.3 Å². The van der Waals surface area contributed by atoms with Gasteiger partial charge in [0, 0.05) is 13.2 Å². The molecular formula is C14H20F2N2O2. The smallest absolute Gasteiger partial charge is 0.257 e. The molecule has 0 aliphatic rings. The summed E-state index contributed by atoms with van der Waals surface area (Å²) in [4.78, 5) is 11.7. The lowest BCUT2D eigenvalue weighted by Crippen LogP contribution is -2.27. The predicted octanol–water partition coefficient (Wildman–Crippen LogP) is 2.48. The fourth-order valence-corrected chi connectivity index (χ4v) is 1.61. The number of rotatable bonds is 7. The minimum atomic E-state index is -1.02. The third-order valence-corrected chi connectivity index (χ3v) is 2.66. The van der Waals surface area contributed by atoms with Crippen molar-refractivity contribution in [3.8, 4) is 0 Å². The number of hydrogen-bond acceptors (Lipinski definition) is 3. The fourth-order valence-electron chi connectivity index (χ4n) is 1.61. The van der Waals surface area contributed by atoms with Crippen molar-refractivity contribution in [2.45, 2.75) is 32.8 Å². The zero-order valence-electron chi connectivity index (χ0n) is 11.7. The molecule has 4 nitrogen and oxygen atoms in total. The minimum Gasteiger partial charge on any atom is -0.396 e. The van der Waals surface area contributed by atoms with Crippen LogP contribution in [0.25, 0.3) is 0 Å². The molecule has 0 saturated carbocycles. The van der Waals surface area contributed by atoms with Crippen molar-refractivity contribution in [1.82, 2.24) is 5.32 Å². The number of nitrogens with one attached hydrogen (secondary N) is 1. The van der Waals surface area contributed by atoms with Crippen molar-refractivity contribution in [2.24, 2.45) is 0 Å². The third-order valence-electron chi connectivity index (χ3n) is 2.66. The molecule has 112 valence electrons. The first-order chi connectivity index (χ1) is 9.43. The summed E-state index contributed by atoms with van der Waals surface area (Å²) >= 11 is 0. The molecule has 3 N–H and O–H groups in total. The monoisotopic (exact) mass is 286 g/mol. The lowest BCUT2D eigenvalue weighted by atomic mass is 10.1. The van der Waals surface area contributed by atoms with Crippen LogP contribution in [0.2, 0.25) is 0 Å². The average Bonchev–Trinajstić information content (AvgIpc) is 2.38. The van der Waals surface area contributed by atoms with Gasteiger partial charge in [0.25, 0.3) is 5.91 Å². The fraction of sp³-hybridized carbons (Fsp3) is 0.500. The number of ether oxygens (including phenoxy) is 1. The van der Waals surface area contributed by atoms with Crippen molar-refractivity contribution in [3.05, 3.63) is 29.3 Å². The van der Waals surface area contributed by atoms with Gasteiger partial charge in [0.15, 0.2) is 5.82 Å². The average molecular weight is 286 g/mol. The molecule has 0 aliphatic carbocycles. The standard InChI is InChI=1S/C14H20F2N2O2/c1-9(2)20-8-4-3-7-18-14(19)12-10(15)5-6-11(17)13(12)16/h5-6,9H,3-4,7-8,17H2,1-2H3,(H,18,19). The van der Waals surface area contributed by atoms with E-state index in [1.165, 1.54) is 0 Å². The van der Waals surface area contributed by atoms with E-state index in [-0.39, 0.29) is 11.8 Å². The maximum Gasteiger partial charge on any atom is 0.257 e. The SMILES string of the molecule is CC(C)OCCCCNC(=O)c1c(F)ccc(N)c1F. The zero-order valence-corrected chi connectivity index (χ0v) is 11.7. The summed E-state index contributed by atoms with van der Waals surface area (Å²) < 4.78 is 32.3. The normalized spacial score (nSPS) is 10.8. The van der Waals surface area contributed by atoms with E-state index in [4.69, 9.17) is 10.5 Å². The molecule has 0 fully saturated rings. The summed E-state index contributed by atoms with van der Waals surface area (Å²) in [5.74, 6) is -2.74. The van der Waals surface area contributed by atoms with Gasteiger partial charge >= 0.3 is 0 Å². The zero-order chi connectivity index (χ0) is 15.1.